The van der Waals surface area contributed by atoms with E-state index in [1.165, 1.54) is 34.8 Å². The highest BCUT2D eigenvalue weighted by molar-refractivity contribution is 7.90. The summed E-state index contributed by atoms with van der Waals surface area (Å²) in [6, 6.07) is 6.22. The molecule has 1 aromatic carbocycles. The van der Waals surface area contributed by atoms with Gasteiger partial charge in [0.15, 0.2) is 20.1 Å². The number of sulfone groups is 1. The molecule has 0 bridgehead atoms. The van der Waals surface area contributed by atoms with Gasteiger partial charge in [-0.1, -0.05) is 0 Å². The molecule has 3 aromatic rings. The van der Waals surface area contributed by atoms with Crippen molar-refractivity contribution in [2.75, 3.05) is 16.9 Å². The van der Waals surface area contributed by atoms with Crippen LogP contribution in [-0.4, -0.2) is 36.5 Å². The molecule has 28 heavy (non-hydrogen) atoms. The van der Waals surface area contributed by atoms with E-state index in [4.69, 9.17) is 5.73 Å². The van der Waals surface area contributed by atoms with Gasteiger partial charge in [0.2, 0.25) is 5.91 Å². The maximum atomic E-state index is 12.3. The first kappa shape index (κ1) is 19.9. The van der Waals surface area contributed by atoms with Crippen LogP contribution in [0.3, 0.4) is 0 Å². The maximum absolute atomic E-state index is 12.3. The number of amides is 2. The van der Waals surface area contributed by atoms with E-state index in [-0.39, 0.29) is 17.0 Å². The van der Waals surface area contributed by atoms with Crippen molar-refractivity contribution < 1.29 is 18.0 Å². The van der Waals surface area contributed by atoms with Gasteiger partial charge in [-0.05, 0) is 24.3 Å². The van der Waals surface area contributed by atoms with Crippen molar-refractivity contribution in [1.82, 2.24) is 9.97 Å². The summed E-state index contributed by atoms with van der Waals surface area (Å²) in [5.74, 6) is -0.931. The van der Waals surface area contributed by atoms with E-state index in [1.807, 2.05) is 0 Å². The minimum Gasteiger partial charge on any atom is -0.369 e. The molecule has 0 unspecified atom stereocenters. The number of thiazole rings is 2. The van der Waals surface area contributed by atoms with Crippen LogP contribution in [0.15, 0.2) is 39.9 Å². The fourth-order valence-corrected chi connectivity index (χ4v) is 4.18. The molecule has 0 aliphatic rings. The monoisotopic (exact) mass is 437 g/mol. The molecule has 12 heteroatoms. The van der Waals surface area contributed by atoms with Crippen molar-refractivity contribution in [1.29, 1.82) is 0 Å². The molecular weight excluding hydrogens is 422 g/mol. The lowest BCUT2D eigenvalue weighted by molar-refractivity contribution is -0.117. The molecule has 0 fully saturated rings. The van der Waals surface area contributed by atoms with Gasteiger partial charge in [-0.25, -0.2) is 18.4 Å². The van der Waals surface area contributed by atoms with Crippen LogP contribution in [0.1, 0.15) is 16.2 Å². The topological polar surface area (TPSA) is 144 Å². The molecule has 0 radical (unpaired) electrons. The van der Waals surface area contributed by atoms with Crippen LogP contribution >= 0.6 is 22.7 Å². The minimum absolute atomic E-state index is 0.00919. The second-order valence-corrected chi connectivity index (χ2v) is 9.43. The molecule has 2 heterocycles. The van der Waals surface area contributed by atoms with Crippen molar-refractivity contribution in [3.63, 3.8) is 0 Å². The summed E-state index contributed by atoms with van der Waals surface area (Å²) in [6.07, 6.45) is 1.15. The van der Waals surface area contributed by atoms with Crippen LogP contribution in [0, 0.1) is 0 Å². The fraction of sp³-hybridized carbons (Fsp3) is 0.125. The summed E-state index contributed by atoms with van der Waals surface area (Å²) in [5.41, 5.74) is 6.45. The first-order chi connectivity index (χ1) is 13.2. The third kappa shape index (κ3) is 5.12. The summed E-state index contributed by atoms with van der Waals surface area (Å²) in [7, 11) is -3.26. The Kier molecular flexibility index (Phi) is 5.72. The average Bonchev–Trinajstić information content (AvgIpc) is 3.24. The highest BCUT2D eigenvalue weighted by Gasteiger charge is 2.14. The van der Waals surface area contributed by atoms with Gasteiger partial charge in [-0.15, -0.1) is 22.7 Å². The number of carbonyl (C=O) groups excluding carboxylic acids is 2. The SMILES string of the molecule is CS(=O)(=O)c1ccc(Nc2nc(C(=O)Nc3nc(CC(N)=O)cs3)cs2)cc1. The van der Waals surface area contributed by atoms with E-state index in [2.05, 4.69) is 20.6 Å². The maximum Gasteiger partial charge on any atom is 0.276 e. The van der Waals surface area contributed by atoms with Gasteiger partial charge in [0.05, 0.1) is 17.0 Å². The van der Waals surface area contributed by atoms with Gasteiger partial charge in [0, 0.05) is 22.7 Å². The molecule has 0 spiro atoms. The summed E-state index contributed by atoms with van der Waals surface area (Å²) in [4.78, 5) is 31.7. The van der Waals surface area contributed by atoms with Crippen molar-refractivity contribution in [2.45, 2.75) is 11.3 Å². The smallest absolute Gasteiger partial charge is 0.276 e. The van der Waals surface area contributed by atoms with Crippen LogP contribution < -0.4 is 16.4 Å². The predicted molar refractivity (Wildman–Crippen MR) is 108 cm³/mol. The number of primary amides is 1. The molecule has 0 saturated heterocycles. The number of anilines is 3. The number of hydrogen-bond acceptors (Lipinski definition) is 9. The van der Waals surface area contributed by atoms with Crippen molar-refractivity contribution in [3.8, 4) is 0 Å². The largest absolute Gasteiger partial charge is 0.369 e. The summed E-state index contributed by atoms with van der Waals surface area (Å²) >= 11 is 2.41. The van der Waals surface area contributed by atoms with Crippen molar-refractivity contribution in [2.24, 2.45) is 5.73 Å². The molecule has 0 saturated carbocycles. The second kappa shape index (κ2) is 8.04. The molecule has 2 amide bonds. The van der Waals surface area contributed by atoms with Gasteiger partial charge >= 0.3 is 0 Å². The Morgan fingerprint density at radius 1 is 1.07 bits per heavy atom. The summed E-state index contributed by atoms with van der Waals surface area (Å²) in [5, 5.41) is 9.69. The zero-order valence-corrected chi connectivity index (χ0v) is 17.0. The third-order valence-corrected chi connectivity index (χ3v) is 6.09. The number of rotatable bonds is 7. The van der Waals surface area contributed by atoms with Crippen LogP contribution in [0.2, 0.25) is 0 Å². The average molecular weight is 438 g/mol. The molecule has 3 rings (SSSR count). The first-order valence-corrected chi connectivity index (χ1v) is 11.4. The summed E-state index contributed by atoms with van der Waals surface area (Å²) < 4.78 is 23.0. The minimum atomic E-state index is -3.26. The van der Waals surface area contributed by atoms with E-state index in [1.54, 1.807) is 22.9 Å². The molecule has 146 valence electrons. The number of hydrogen-bond donors (Lipinski definition) is 3. The van der Waals surface area contributed by atoms with Gasteiger partial charge in [-0.2, -0.15) is 0 Å². The summed E-state index contributed by atoms with van der Waals surface area (Å²) in [6.45, 7) is 0. The Bertz CT molecular complexity index is 1120. The molecule has 0 aliphatic heterocycles. The Balaban J connectivity index is 1.64. The van der Waals surface area contributed by atoms with E-state index in [9.17, 15) is 18.0 Å². The van der Waals surface area contributed by atoms with Crippen LogP contribution in [0.4, 0.5) is 16.0 Å². The number of nitrogens with zero attached hydrogens (tertiary/aromatic N) is 2. The second-order valence-electron chi connectivity index (χ2n) is 5.70. The standard InChI is InChI=1S/C16H15N5O4S3/c1-28(24,25)11-4-2-9(3-5-11)18-15-20-12(8-27-15)14(23)21-16-19-10(7-26-16)6-13(17)22/h2-5,7-8H,6H2,1H3,(H2,17,22)(H,18,20)(H,19,21,23). The normalized spacial score (nSPS) is 11.2. The molecule has 9 nitrogen and oxygen atoms in total. The van der Waals surface area contributed by atoms with E-state index < -0.39 is 21.7 Å². The number of nitrogens with one attached hydrogen (secondary N) is 2. The van der Waals surface area contributed by atoms with Crippen LogP contribution in [-0.2, 0) is 21.1 Å². The number of benzene rings is 1. The van der Waals surface area contributed by atoms with E-state index >= 15 is 0 Å². The number of aromatic nitrogens is 2. The number of nitrogens with two attached hydrogens (primary N) is 1. The molecule has 4 N–H and O–H groups in total. The lowest BCUT2D eigenvalue weighted by atomic mass is 10.3. The highest BCUT2D eigenvalue weighted by Crippen LogP contribution is 2.23. The lowest BCUT2D eigenvalue weighted by Gasteiger charge is -2.03. The Morgan fingerprint density at radius 3 is 2.39 bits per heavy atom. The molecule has 2 aromatic heterocycles. The van der Waals surface area contributed by atoms with Crippen molar-refractivity contribution in [3.05, 3.63) is 46.4 Å². The Morgan fingerprint density at radius 2 is 1.75 bits per heavy atom. The van der Waals surface area contributed by atoms with Gasteiger partial charge < -0.3 is 11.1 Å². The van der Waals surface area contributed by atoms with Crippen LogP contribution in [0.25, 0.3) is 0 Å². The first-order valence-electron chi connectivity index (χ1n) is 7.77. The Hall–Kier alpha value is -2.83. The van der Waals surface area contributed by atoms with Gasteiger partial charge in [0.1, 0.15) is 5.69 Å². The zero-order chi connectivity index (χ0) is 20.3. The van der Waals surface area contributed by atoms with Crippen molar-refractivity contribution >= 4 is 60.3 Å². The Labute approximate surface area is 168 Å². The van der Waals surface area contributed by atoms with E-state index in [0.717, 1.165) is 6.26 Å². The van der Waals surface area contributed by atoms with Crippen LogP contribution in [0.5, 0.6) is 0 Å². The molecule has 0 atom stereocenters. The van der Waals surface area contributed by atoms with Gasteiger partial charge in [0.25, 0.3) is 5.91 Å². The van der Waals surface area contributed by atoms with E-state index in [0.29, 0.717) is 21.6 Å². The molecule has 0 aliphatic carbocycles. The third-order valence-electron chi connectivity index (χ3n) is 3.40. The number of carbonyl (C=O) groups is 2. The zero-order valence-electron chi connectivity index (χ0n) is 14.5. The lowest BCUT2D eigenvalue weighted by Crippen LogP contribution is -2.14. The molecular formula is C16H15N5O4S3. The van der Waals surface area contributed by atoms with Gasteiger partial charge in [-0.3, -0.25) is 14.9 Å². The predicted octanol–water partition coefficient (Wildman–Crippen LogP) is 2.03. The highest BCUT2D eigenvalue weighted by atomic mass is 32.2. The fourth-order valence-electron chi connectivity index (χ4n) is 2.13. The quantitative estimate of drug-likeness (QED) is 0.513.